The van der Waals surface area contributed by atoms with Crippen molar-refractivity contribution in [2.75, 3.05) is 0 Å². The van der Waals surface area contributed by atoms with Crippen LogP contribution in [0.15, 0.2) is 47.4 Å². The zero-order valence-electron chi connectivity index (χ0n) is 10.2. The van der Waals surface area contributed by atoms with Crippen LogP contribution in [0.25, 0.3) is 11.1 Å². The van der Waals surface area contributed by atoms with E-state index < -0.39 is 15.9 Å². The van der Waals surface area contributed by atoms with Gasteiger partial charge in [0.25, 0.3) is 0 Å². The smallest absolute Gasteiger partial charge is 0.248 e. The Morgan fingerprint density at radius 2 is 1.70 bits per heavy atom. The van der Waals surface area contributed by atoms with Crippen molar-refractivity contribution in [3.63, 3.8) is 0 Å². The lowest BCUT2D eigenvalue weighted by atomic mass is 10.0. The molecule has 2 aromatic rings. The summed E-state index contributed by atoms with van der Waals surface area (Å²) in [4.78, 5) is 11.0. The van der Waals surface area contributed by atoms with E-state index in [9.17, 15) is 13.2 Å². The van der Waals surface area contributed by atoms with Gasteiger partial charge in [-0.3, -0.25) is 4.79 Å². The van der Waals surface area contributed by atoms with Gasteiger partial charge in [0.05, 0.1) is 5.02 Å². The lowest BCUT2D eigenvalue weighted by Gasteiger charge is -2.07. The Balaban J connectivity index is 2.52. The third kappa shape index (κ3) is 2.98. The highest BCUT2D eigenvalue weighted by molar-refractivity contribution is 7.89. The predicted octanol–water partition coefficient (Wildman–Crippen LogP) is 1.75. The number of sulfonamides is 1. The van der Waals surface area contributed by atoms with E-state index in [1.165, 1.54) is 12.1 Å². The predicted molar refractivity (Wildman–Crippen MR) is 76.8 cm³/mol. The van der Waals surface area contributed by atoms with Gasteiger partial charge in [0.2, 0.25) is 15.9 Å². The molecule has 0 saturated heterocycles. The molecule has 0 fully saturated rings. The maximum atomic E-state index is 11.3. The van der Waals surface area contributed by atoms with Gasteiger partial charge in [-0.15, -0.1) is 0 Å². The molecular formula is C13H11ClN2O3S. The molecule has 2 rings (SSSR count). The van der Waals surface area contributed by atoms with Crippen LogP contribution in [-0.4, -0.2) is 14.3 Å². The number of amides is 1. The topological polar surface area (TPSA) is 103 Å². The fourth-order valence-electron chi connectivity index (χ4n) is 1.76. The number of rotatable bonds is 3. The van der Waals surface area contributed by atoms with Gasteiger partial charge in [0.15, 0.2) is 0 Å². The van der Waals surface area contributed by atoms with Gasteiger partial charge in [-0.1, -0.05) is 29.8 Å². The molecule has 104 valence electrons. The number of hydrogen-bond acceptors (Lipinski definition) is 3. The molecule has 0 saturated carbocycles. The first-order chi connectivity index (χ1) is 9.29. The molecule has 0 heterocycles. The van der Waals surface area contributed by atoms with E-state index in [1.54, 1.807) is 30.3 Å². The number of primary sulfonamides is 1. The van der Waals surface area contributed by atoms with E-state index in [0.717, 1.165) is 0 Å². The van der Waals surface area contributed by atoms with Gasteiger partial charge in [-0.05, 0) is 35.4 Å². The quantitative estimate of drug-likeness (QED) is 0.902. The number of primary amides is 1. The van der Waals surface area contributed by atoms with Crippen molar-refractivity contribution >= 4 is 27.5 Å². The van der Waals surface area contributed by atoms with E-state index in [1.807, 2.05) is 0 Å². The minimum atomic E-state index is -3.86. The number of nitrogens with two attached hydrogens (primary N) is 2. The van der Waals surface area contributed by atoms with Crippen LogP contribution in [0.2, 0.25) is 5.02 Å². The lowest BCUT2D eigenvalue weighted by Crippen LogP contribution is -2.12. The standard InChI is InChI=1S/C13H11ClN2O3S/c14-11-7-9(4-5-12(11)20(16,18)19)8-2-1-3-10(6-8)13(15)17/h1-7H,(H2,15,17)(H2,16,18,19). The molecule has 0 bridgehead atoms. The summed E-state index contributed by atoms with van der Waals surface area (Å²) in [5.74, 6) is -0.542. The zero-order chi connectivity index (χ0) is 14.9. The SMILES string of the molecule is NC(=O)c1cccc(-c2ccc(S(N)(=O)=O)c(Cl)c2)c1. The van der Waals surface area contributed by atoms with Crippen LogP contribution in [0.4, 0.5) is 0 Å². The van der Waals surface area contributed by atoms with E-state index in [0.29, 0.717) is 16.7 Å². The van der Waals surface area contributed by atoms with Gasteiger partial charge >= 0.3 is 0 Å². The van der Waals surface area contributed by atoms with Gasteiger partial charge in [-0.25, -0.2) is 13.6 Å². The Morgan fingerprint density at radius 1 is 1.05 bits per heavy atom. The van der Waals surface area contributed by atoms with Gasteiger partial charge in [0.1, 0.15) is 4.90 Å². The summed E-state index contributed by atoms with van der Waals surface area (Å²) in [5.41, 5.74) is 6.92. The van der Waals surface area contributed by atoms with Crippen LogP contribution in [-0.2, 0) is 10.0 Å². The molecule has 2 aromatic carbocycles. The fourth-order valence-corrected chi connectivity index (χ4v) is 2.85. The summed E-state index contributed by atoms with van der Waals surface area (Å²) in [6, 6.07) is 11.0. The maximum absolute atomic E-state index is 11.3. The third-order valence-electron chi connectivity index (χ3n) is 2.72. The van der Waals surface area contributed by atoms with E-state index >= 15 is 0 Å². The van der Waals surface area contributed by atoms with Crippen LogP contribution in [0.1, 0.15) is 10.4 Å². The van der Waals surface area contributed by atoms with Crippen LogP contribution >= 0.6 is 11.6 Å². The minimum Gasteiger partial charge on any atom is -0.366 e. The van der Waals surface area contributed by atoms with Crippen LogP contribution in [0.3, 0.4) is 0 Å². The van der Waals surface area contributed by atoms with E-state index in [2.05, 4.69) is 0 Å². The summed E-state index contributed by atoms with van der Waals surface area (Å²) < 4.78 is 22.6. The first-order valence-corrected chi connectivity index (χ1v) is 7.44. The average Bonchev–Trinajstić information content (AvgIpc) is 2.37. The summed E-state index contributed by atoms with van der Waals surface area (Å²) in [6.45, 7) is 0. The molecule has 0 spiro atoms. The molecule has 0 aliphatic heterocycles. The highest BCUT2D eigenvalue weighted by Gasteiger charge is 2.13. The van der Waals surface area contributed by atoms with E-state index in [-0.39, 0.29) is 9.92 Å². The van der Waals surface area contributed by atoms with Crippen molar-refractivity contribution in [2.45, 2.75) is 4.90 Å². The molecule has 0 radical (unpaired) electrons. The zero-order valence-corrected chi connectivity index (χ0v) is 11.8. The first kappa shape index (κ1) is 14.5. The monoisotopic (exact) mass is 310 g/mol. The largest absolute Gasteiger partial charge is 0.366 e. The second-order valence-electron chi connectivity index (χ2n) is 4.14. The van der Waals surface area contributed by atoms with Crippen LogP contribution in [0.5, 0.6) is 0 Å². The molecule has 20 heavy (non-hydrogen) atoms. The lowest BCUT2D eigenvalue weighted by molar-refractivity contribution is 0.100. The second kappa shape index (κ2) is 5.24. The number of hydrogen-bond donors (Lipinski definition) is 2. The number of benzene rings is 2. The highest BCUT2D eigenvalue weighted by atomic mass is 35.5. The van der Waals surface area contributed by atoms with Crippen molar-refractivity contribution in [3.8, 4) is 11.1 Å². The third-order valence-corrected chi connectivity index (χ3v) is 4.11. The van der Waals surface area contributed by atoms with Crippen molar-refractivity contribution in [1.29, 1.82) is 0 Å². The van der Waals surface area contributed by atoms with Crippen molar-refractivity contribution in [1.82, 2.24) is 0 Å². The van der Waals surface area contributed by atoms with Crippen LogP contribution < -0.4 is 10.9 Å². The van der Waals surface area contributed by atoms with Crippen molar-refractivity contribution in [3.05, 3.63) is 53.1 Å². The summed E-state index contributed by atoms with van der Waals surface area (Å²) in [5, 5.41) is 5.06. The first-order valence-electron chi connectivity index (χ1n) is 5.51. The highest BCUT2D eigenvalue weighted by Crippen LogP contribution is 2.28. The number of halogens is 1. The van der Waals surface area contributed by atoms with Gasteiger partial charge in [0, 0.05) is 5.56 Å². The fraction of sp³-hybridized carbons (Fsp3) is 0. The molecule has 0 aliphatic carbocycles. The summed E-state index contributed by atoms with van der Waals surface area (Å²) in [6.07, 6.45) is 0. The molecule has 0 aliphatic rings. The molecule has 0 unspecified atom stereocenters. The average molecular weight is 311 g/mol. The van der Waals surface area contributed by atoms with Crippen molar-refractivity contribution in [2.24, 2.45) is 10.9 Å². The van der Waals surface area contributed by atoms with Gasteiger partial charge < -0.3 is 5.73 Å². The molecule has 1 amide bonds. The van der Waals surface area contributed by atoms with E-state index in [4.69, 9.17) is 22.5 Å². The molecule has 0 atom stereocenters. The Bertz CT molecular complexity index is 788. The van der Waals surface area contributed by atoms with Crippen LogP contribution in [0, 0.1) is 0 Å². The van der Waals surface area contributed by atoms with Gasteiger partial charge in [-0.2, -0.15) is 0 Å². The normalized spacial score (nSPS) is 11.3. The Kier molecular flexibility index (Phi) is 3.80. The molecule has 0 aromatic heterocycles. The molecule has 5 nitrogen and oxygen atoms in total. The number of carbonyl (C=O) groups excluding carboxylic acids is 1. The molecule has 7 heteroatoms. The summed E-state index contributed by atoms with van der Waals surface area (Å²) in [7, 11) is -3.86. The minimum absolute atomic E-state index is 0.0227. The Morgan fingerprint density at radius 3 is 2.25 bits per heavy atom. The maximum Gasteiger partial charge on any atom is 0.248 e. The second-order valence-corrected chi connectivity index (χ2v) is 6.07. The Labute approximate surface area is 121 Å². The summed E-state index contributed by atoms with van der Waals surface area (Å²) >= 11 is 5.92. The van der Waals surface area contributed by atoms with Crippen molar-refractivity contribution < 1.29 is 13.2 Å². The molecular weight excluding hydrogens is 300 g/mol. The Hall–Kier alpha value is -1.89. The molecule has 4 N–H and O–H groups in total. The number of carbonyl (C=O) groups is 1.